The predicted octanol–water partition coefficient (Wildman–Crippen LogP) is 4.27. The number of hydrogen-bond acceptors (Lipinski definition) is 4. The van der Waals surface area contributed by atoms with Crippen molar-refractivity contribution in [3.8, 4) is 22.5 Å². The van der Waals surface area contributed by atoms with E-state index in [2.05, 4.69) is 25.0 Å². The number of nitrogens with one attached hydrogen (secondary N) is 1. The Morgan fingerprint density at radius 2 is 2.04 bits per heavy atom. The summed E-state index contributed by atoms with van der Waals surface area (Å²) in [4.78, 5) is 16.3. The van der Waals surface area contributed by atoms with Crippen LogP contribution in [-0.2, 0) is 6.54 Å². The van der Waals surface area contributed by atoms with E-state index in [1.54, 1.807) is 30.9 Å². The molecule has 1 N–H and O–H groups in total. The van der Waals surface area contributed by atoms with Crippen LogP contribution >= 0.6 is 0 Å². The van der Waals surface area contributed by atoms with E-state index in [1.165, 1.54) is 4.68 Å². The number of alkyl halides is 2. The lowest BCUT2D eigenvalue weighted by Crippen LogP contribution is -2.06. The van der Waals surface area contributed by atoms with Gasteiger partial charge in [-0.25, -0.2) is 23.7 Å². The molecule has 6 nitrogen and oxygen atoms in total. The average molecular weight is 368 g/mol. The fourth-order valence-corrected chi connectivity index (χ4v) is 2.93. The quantitative estimate of drug-likeness (QED) is 0.571. The van der Waals surface area contributed by atoms with Gasteiger partial charge in [0.2, 0.25) is 0 Å². The molecule has 0 aliphatic rings. The van der Waals surface area contributed by atoms with Crippen molar-refractivity contribution < 1.29 is 8.78 Å². The second-order valence-corrected chi connectivity index (χ2v) is 6.60. The highest BCUT2D eigenvalue weighted by atomic mass is 19.3. The van der Waals surface area contributed by atoms with Crippen LogP contribution in [0.3, 0.4) is 0 Å². The molecular weight excluding hydrogens is 350 g/mol. The molecule has 0 radical (unpaired) electrons. The molecule has 0 bridgehead atoms. The Morgan fingerprint density at radius 1 is 1.19 bits per heavy atom. The molecule has 4 heterocycles. The van der Waals surface area contributed by atoms with Crippen LogP contribution in [0.15, 0.2) is 43.0 Å². The van der Waals surface area contributed by atoms with E-state index in [-0.39, 0.29) is 5.92 Å². The number of nitrogens with zero attached hydrogens (tertiary/aromatic N) is 5. The molecule has 0 amide bonds. The molecule has 0 aromatic carbocycles. The highest BCUT2D eigenvalue weighted by Gasteiger charge is 2.18. The maximum atomic E-state index is 12.9. The molecule has 4 aromatic rings. The molecule has 4 aromatic heterocycles. The Kier molecular flexibility index (Phi) is 4.39. The van der Waals surface area contributed by atoms with Crippen LogP contribution in [0, 0.1) is 0 Å². The smallest absolute Gasteiger partial charge is 0.257 e. The third-order valence-electron chi connectivity index (χ3n) is 4.23. The van der Waals surface area contributed by atoms with Crippen LogP contribution in [-0.4, -0.2) is 36.1 Å². The van der Waals surface area contributed by atoms with Crippen molar-refractivity contribution in [2.75, 3.05) is 0 Å². The summed E-state index contributed by atoms with van der Waals surface area (Å²) in [6.45, 7) is 3.53. The van der Waals surface area contributed by atoms with Crippen molar-refractivity contribution in [1.29, 1.82) is 0 Å². The van der Waals surface area contributed by atoms with Gasteiger partial charge in [0.1, 0.15) is 23.7 Å². The lowest BCUT2D eigenvalue weighted by atomic mass is 10.1. The number of rotatable bonds is 5. The first kappa shape index (κ1) is 17.3. The zero-order chi connectivity index (χ0) is 19.0. The third-order valence-corrected chi connectivity index (χ3v) is 4.23. The molecule has 0 spiro atoms. The van der Waals surface area contributed by atoms with Crippen molar-refractivity contribution >= 4 is 11.0 Å². The minimum atomic E-state index is -2.49. The van der Waals surface area contributed by atoms with Crippen LogP contribution < -0.4 is 0 Å². The maximum Gasteiger partial charge on any atom is 0.257 e. The fourth-order valence-electron chi connectivity index (χ4n) is 2.93. The SMILES string of the molecule is CC(C)c1nccc(-c2cn(CC(F)F)nc2-c2cnc3[nH]ccc3c2)n1. The van der Waals surface area contributed by atoms with Gasteiger partial charge in [-0.3, -0.25) is 4.68 Å². The largest absolute Gasteiger partial charge is 0.346 e. The van der Waals surface area contributed by atoms with Crippen molar-refractivity contribution in [2.24, 2.45) is 0 Å². The van der Waals surface area contributed by atoms with Gasteiger partial charge in [-0.15, -0.1) is 0 Å². The van der Waals surface area contributed by atoms with E-state index in [4.69, 9.17) is 0 Å². The Morgan fingerprint density at radius 3 is 2.81 bits per heavy atom. The first-order valence-corrected chi connectivity index (χ1v) is 8.63. The standard InChI is InChI=1S/C19H18F2N6/c1-11(2)18-22-6-4-15(25-18)14-9-27(10-16(20)21)26-17(14)13-7-12-3-5-23-19(12)24-8-13/h3-9,11,16H,10H2,1-2H3,(H,23,24). The van der Waals surface area contributed by atoms with E-state index in [9.17, 15) is 8.78 Å². The highest BCUT2D eigenvalue weighted by Crippen LogP contribution is 2.31. The molecule has 0 atom stereocenters. The molecule has 0 fully saturated rings. The number of fused-ring (bicyclic) bond motifs is 1. The van der Waals surface area contributed by atoms with Crippen LogP contribution in [0.5, 0.6) is 0 Å². The highest BCUT2D eigenvalue weighted by molar-refractivity contribution is 5.85. The minimum absolute atomic E-state index is 0.155. The van der Waals surface area contributed by atoms with Gasteiger partial charge in [-0.2, -0.15) is 5.10 Å². The first-order valence-electron chi connectivity index (χ1n) is 8.63. The Balaban J connectivity index is 1.86. The average Bonchev–Trinajstić information content (AvgIpc) is 3.27. The lowest BCUT2D eigenvalue weighted by Gasteiger charge is -2.06. The van der Waals surface area contributed by atoms with Gasteiger partial charge < -0.3 is 4.98 Å². The Bertz CT molecular complexity index is 1080. The maximum absolute atomic E-state index is 12.9. The molecule has 0 saturated carbocycles. The predicted molar refractivity (Wildman–Crippen MR) is 98.4 cm³/mol. The summed E-state index contributed by atoms with van der Waals surface area (Å²) in [6, 6.07) is 5.60. The summed E-state index contributed by atoms with van der Waals surface area (Å²) in [6.07, 6.45) is 4.28. The molecule has 138 valence electrons. The Labute approximate surface area is 154 Å². The molecule has 0 aliphatic heterocycles. The van der Waals surface area contributed by atoms with Crippen molar-refractivity contribution in [3.63, 3.8) is 0 Å². The fraction of sp³-hybridized carbons (Fsp3) is 0.263. The molecule has 8 heteroatoms. The molecule has 0 saturated heterocycles. The second kappa shape index (κ2) is 6.86. The zero-order valence-corrected chi connectivity index (χ0v) is 14.9. The monoisotopic (exact) mass is 368 g/mol. The number of pyridine rings is 1. The third kappa shape index (κ3) is 3.42. The van der Waals surface area contributed by atoms with E-state index < -0.39 is 13.0 Å². The van der Waals surface area contributed by atoms with Crippen LogP contribution in [0.1, 0.15) is 25.6 Å². The summed E-state index contributed by atoms with van der Waals surface area (Å²) < 4.78 is 27.1. The molecule has 27 heavy (non-hydrogen) atoms. The van der Waals surface area contributed by atoms with E-state index in [1.807, 2.05) is 26.0 Å². The lowest BCUT2D eigenvalue weighted by molar-refractivity contribution is 0.122. The van der Waals surface area contributed by atoms with Gasteiger partial charge in [0, 0.05) is 47.2 Å². The van der Waals surface area contributed by atoms with Gasteiger partial charge in [0.15, 0.2) is 0 Å². The summed E-state index contributed by atoms with van der Waals surface area (Å²) in [5, 5.41) is 5.31. The van der Waals surface area contributed by atoms with Crippen molar-refractivity contribution in [3.05, 3.63) is 48.8 Å². The Hall–Kier alpha value is -3.16. The van der Waals surface area contributed by atoms with Crippen molar-refractivity contribution in [1.82, 2.24) is 29.7 Å². The van der Waals surface area contributed by atoms with Gasteiger partial charge in [0.05, 0.1) is 5.69 Å². The number of aromatic amines is 1. The second-order valence-electron chi connectivity index (χ2n) is 6.60. The minimum Gasteiger partial charge on any atom is -0.346 e. The van der Waals surface area contributed by atoms with Crippen LogP contribution in [0.25, 0.3) is 33.5 Å². The summed E-state index contributed by atoms with van der Waals surface area (Å²) in [5.41, 5.74) is 3.40. The number of aromatic nitrogens is 6. The molecule has 0 aliphatic carbocycles. The van der Waals surface area contributed by atoms with Gasteiger partial charge in [-0.05, 0) is 18.2 Å². The van der Waals surface area contributed by atoms with Crippen LogP contribution in [0.4, 0.5) is 8.78 Å². The topological polar surface area (TPSA) is 72.3 Å². The molecule has 0 unspecified atom stereocenters. The molecular formula is C19H18F2N6. The van der Waals surface area contributed by atoms with E-state index >= 15 is 0 Å². The first-order chi connectivity index (χ1) is 13.0. The number of H-pyrrole nitrogens is 1. The number of halogens is 2. The zero-order valence-electron chi connectivity index (χ0n) is 14.9. The summed E-state index contributed by atoms with van der Waals surface area (Å²) in [7, 11) is 0. The van der Waals surface area contributed by atoms with Crippen LogP contribution in [0.2, 0.25) is 0 Å². The van der Waals surface area contributed by atoms with Gasteiger partial charge in [0.25, 0.3) is 6.43 Å². The van der Waals surface area contributed by atoms with Gasteiger partial charge in [-0.1, -0.05) is 13.8 Å². The summed E-state index contributed by atoms with van der Waals surface area (Å²) in [5.74, 6) is 0.849. The van der Waals surface area contributed by atoms with Crippen molar-refractivity contribution in [2.45, 2.75) is 32.7 Å². The van der Waals surface area contributed by atoms with E-state index in [0.717, 1.165) is 16.6 Å². The molecule has 4 rings (SSSR count). The van der Waals surface area contributed by atoms with Gasteiger partial charge >= 0.3 is 0 Å². The van der Waals surface area contributed by atoms with E-state index in [0.29, 0.717) is 22.8 Å². The summed E-state index contributed by atoms with van der Waals surface area (Å²) >= 11 is 0. The normalized spacial score (nSPS) is 11.8. The number of hydrogen-bond donors (Lipinski definition) is 1.